The van der Waals surface area contributed by atoms with Gasteiger partial charge in [0.25, 0.3) is 0 Å². The maximum atomic E-state index is 5.67. The molecule has 0 amide bonds. The van der Waals surface area contributed by atoms with Crippen molar-refractivity contribution in [3.63, 3.8) is 0 Å². The summed E-state index contributed by atoms with van der Waals surface area (Å²) < 4.78 is 10.9. The minimum atomic E-state index is 0.290. The normalized spacial score (nSPS) is 17.3. The Kier molecular flexibility index (Phi) is 4.57. The lowest BCUT2D eigenvalue weighted by molar-refractivity contribution is 0.0344. The summed E-state index contributed by atoms with van der Waals surface area (Å²) in [6, 6.07) is 2.68. The van der Waals surface area contributed by atoms with Crippen molar-refractivity contribution in [3.8, 4) is 0 Å². The highest BCUT2D eigenvalue weighted by molar-refractivity contribution is 5.04. The molecule has 2 rings (SSSR count). The Bertz CT molecular complexity index is 334. The zero-order valence-electron chi connectivity index (χ0n) is 10.7. The Morgan fingerprint density at radius 2 is 2.41 bits per heavy atom. The van der Waals surface area contributed by atoms with E-state index in [0.29, 0.717) is 12.6 Å². The third kappa shape index (κ3) is 4.48. The van der Waals surface area contributed by atoms with Gasteiger partial charge < -0.3 is 14.6 Å². The van der Waals surface area contributed by atoms with Crippen LogP contribution in [0.4, 0.5) is 0 Å². The molecule has 1 N–H and O–H groups in total. The molecular formula is C13H22N2O2. The molecular weight excluding hydrogens is 216 g/mol. The molecule has 1 atom stereocenters. The Balaban J connectivity index is 1.69. The summed E-state index contributed by atoms with van der Waals surface area (Å²) in [5.74, 6) is 0.820. The van der Waals surface area contributed by atoms with Gasteiger partial charge in [-0.1, -0.05) is 18.5 Å². The van der Waals surface area contributed by atoms with E-state index in [1.807, 2.05) is 6.07 Å². The van der Waals surface area contributed by atoms with Gasteiger partial charge in [-0.25, -0.2) is 0 Å². The number of aromatic nitrogens is 1. The summed E-state index contributed by atoms with van der Waals surface area (Å²) in [7, 11) is 0. The molecule has 1 fully saturated rings. The monoisotopic (exact) mass is 238 g/mol. The average Bonchev–Trinajstić information content (AvgIpc) is 3.03. The first-order valence-corrected chi connectivity index (χ1v) is 6.57. The minimum Gasteiger partial charge on any atom is -0.370 e. The van der Waals surface area contributed by atoms with Gasteiger partial charge in [-0.05, 0) is 26.2 Å². The fourth-order valence-corrected chi connectivity index (χ4v) is 1.76. The zero-order valence-corrected chi connectivity index (χ0v) is 10.7. The van der Waals surface area contributed by atoms with E-state index in [-0.39, 0.29) is 6.10 Å². The van der Waals surface area contributed by atoms with E-state index in [0.717, 1.165) is 30.8 Å². The van der Waals surface area contributed by atoms with Crippen molar-refractivity contribution < 1.29 is 9.26 Å². The van der Waals surface area contributed by atoms with Crippen LogP contribution in [0, 0.1) is 0 Å². The van der Waals surface area contributed by atoms with Crippen LogP contribution in [0.3, 0.4) is 0 Å². The fourth-order valence-electron chi connectivity index (χ4n) is 1.76. The van der Waals surface area contributed by atoms with E-state index < -0.39 is 0 Å². The summed E-state index contributed by atoms with van der Waals surface area (Å²) in [6.45, 7) is 5.58. The van der Waals surface area contributed by atoms with Crippen LogP contribution in [0.25, 0.3) is 0 Å². The van der Waals surface area contributed by atoms with E-state index in [2.05, 4.69) is 24.3 Å². The van der Waals surface area contributed by atoms with E-state index in [4.69, 9.17) is 9.26 Å². The van der Waals surface area contributed by atoms with Crippen LogP contribution < -0.4 is 5.32 Å². The second-order valence-electron chi connectivity index (χ2n) is 4.85. The molecule has 1 aromatic heterocycles. The molecule has 0 aromatic carbocycles. The van der Waals surface area contributed by atoms with E-state index in [1.165, 1.54) is 12.8 Å². The van der Waals surface area contributed by atoms with Gasteiger partial charge in [0.05, 0.1) is 11.8 Å². The molecule has 4 heteroatoms. The lowest BCUT2D eigenvalue weighted by Gasteiger charge is -2.09. The van der Waals surface area contributed by atoms with E-state index >= 15 is 0 Å². The van der Waals surface area contributed by atoms with Gasteiger partial charge in [-0.3, -0.25) is 0 Å². The van der Waals surface area contributed by atoms with Gasteiger partial charge in [-0.15, -0.1) is 0 Å². The SMILES string of the molecule is CCCC(C)OCc1cc(CNC2CC2)no1. The third-order valence-electron chi connectivity index (χ3n) is 2.96. The number of ether oxygens (including phenoxy) is 1. The largest absolute Gasteiger partial charge is 0.370 e. The smallest absolute Gasteiger partial charge is 0.162 e. The maximum absolute atomic E-state index is 5.67. The molecule has 4 nitrogen and oxygen atoms in total. The standard InChI is InChI=1S/C13H22N2O2/c1-3-4-10(2)16-9-13-7-12(15-17-13)8-14-11-5-6-11/h7,10-11,14H,3-6,8-9H2,1-2H3. The quantitative estimate of drug-likeness (QED) is 0.756. The molecule has 0 aliphatic heterocycles. The molecule has 1 aliphatic rings. The van der Waals surface area contributed by atoms with Gasteiger partial charge >= 0.3 is 0 Å². The van der Waals surface area contributed by atoms with E-state index in [9.17, 15) is 0 Å². The first-order valence-electron chi connectivity index (χ1n) is 6.57. The number of nitrogens with one attached hydrogen (secondary N) is 1. The van der Waals surface area contributed by atoms with Crippen molar-refractivity contribution in [2.45, 2.75) is 64.8 Å². The minimum absolute atomic E-state index is 0.290. The molecule has 17 heavy (non-hydrogen) atoms. The second kappa shape index (κ2) is 6.17. The van der Waals surface area contributed by atoms with Gasteiger partial charge in [0.1, 0.15) is 6.61 Å². The predicted molar refractivity (Wildman–Crippen MR) is 65.5 cm³/mol. The Morgan fingerprint density at radius 1 is 1.59 bits per heavy atom. The highest BCUT2D eigenvalue weighted by Gasteiger charge is 2.20. The molecule has 0 saturated heterocycles. The van der Waals surface area contributed by atoms with Crippen LogP contribution in [0.2, 0.25) is 0 Å². The van der Waals surface area contributed by atoms with Crippen LogP contribution in [-0.4, -0.2) is 17.3 Å². The molecule has 0 bridgehead atoms. The fraction of sp³-hybridized carbons (Fsp3) is 0.769. The van der Waals surface area contributed by atoms with E-state index in [1.54, 1.807) is 0 Å². The highest BCUT2D eigenvalue weighted by atomic mass is 16.5. The lowest BCUT2D eigenvalue weighted by atomic mass is 10.2. The molecule has 1 heterocycles. The van der Waals surface area contributed by atoms with Crippen molar-refractivity contribution in [3.05, 3.63) is 17.5 Å². The molecule has 1 aliphatic carbocycles. The summed E-state index contributed by atoms with van der Waals surface area (Å²) in [6.07, 6.45) is 5.11. The number of nitrogens with zero attached hydrogens (tertiary/aromatic N) is 1. The maximum Gasteiger partial charge on any atom is 0.162 e. The second-order valence-corrected chi connectivity index (χ2v) is 4.85. The van der Waals surface area contributed by atoms with Gasteiger partial charge in [0.15, 0.2) is 5.76 Å². The first kappa shape index (κ1) is 12.6. The van der Waals surface area contributed by atoms with Crippen LogP contribution >= 0.6 is 0 Å². The van der Waals surface area contributed by atoms with Crippen molar-refractivity contribution >= 4 is 0 Å². The number of hydrogen-bond acceptors (Lipinski definition) is 4. The molecule has 0 spiro atoms. The van der Waals surface area contributed by atoms with Crippen LogP contribution in [-0.2, 0) is 17.9 Å². The summed E-state index contributed by atoms with van der Waals surface area (Å²) in [5, 5.41) is 7.43. The third-order valence-corrected chi connectivity index (χ3v) is 2.96. The average molecular weight is 238 g/mol. The first-order chi connectivity index (χ1) is 8.28. The Morgan fingerprint density at radius 3 is 3.12 bits per heavy atom. The molecule has 1 unspecified atom stereocenters. The molecule has 0 radical (unpaired) electrons. The van der Waals surface area contributed by atoms with Crippen LogP contribution in [0.5, 0.6) is 0 Å². The summed E-state index contributed by atoms with van der Waals surface area (Å²) in [5.41, 5.74) is 0.971. The van der Waals surface area contributed by atoms with Gasteiger partial charge in [0.2, 0.25) is 0 Å². The van der Waals surface area contributed by atoms with Crippen molar-refractivity contribution in [2.75, 3.05) is 0 Å². The van der Waals surface area contributed by atoms with Crippen LogP contribution in [0.1, 0.15) is 51.0 Å². The number of rotatable bonds is 8. The number of hydrogen-bond donors (Lipinski definition) is 1. The summed E-state index contributed by atoms with van der Waals surface area (Å²) >= 11 is 0. The molecule has 96 valence electrons. The molecule has 1 saturated carbocycles. The highest BCUT2D eigenvalue weighted by Crippen LogP contribution is 2.19. The lowest BCUT2D eigenvalue weighted by Crippen LogP contribution is -2.15. The van der Waals surface area contributed by atoms with Gasteiger partial charge in [0, 0.05) is 18.7 Å². The van der Waals surface area contributed by atoms with Crippen molar-refractivity contribution in [1.29, 1.82) is 0 Å². The molecule has 1 aromatic rings. The Hall–Kier alpha value is -0.870. The van der Waals surface area contributed by atoms with Crippen molar-refractivity contribution in [1.82, 2.24) is 10.5 Å². The van der Waals surface area contributed by atoms with Gasteiger partial charge in [-0.2, -0.15) is 0 Å². The predicted octanol–water partition coefficient (Wildman–Crippen LogP) is 2.63. The van der Waals surface area contributed by atoms with Crippen molar-refractivity contribution in [2.24, 2.45) is 0 Å². The Labute approximate surface area is 103 Å². The topological polar surface area (TPSA) is 47.3 Å². The van der Waals surface area contributed by atoms with Crippen LogP contribution in [0.15, 0.2) is 10.6 Å². The zero-order chi connectivity index (χ0) is 12.1. The summed E-state index contributed by atoms with van der Waals surface area (Å²) in [4.78, 5) is 0.